The van der Waals surface area contributed by atoms with Crippen LogP contribution in [-0.4, -0.2) is 32.7 Å². The molecule has 0 aliphatic rings. The molecule has 0 radical (unpaired) electrons. The van der Waals surface area contributed by atoms with E-state index in [4.69, 9.17) is 0 Å². The van der Waals surface area contributed by atoms with E-state index in [-0.39, 0.29) is 17.2 Å². The molecule has 0 bridgehead atoms. The van der Waals surface area contributed by atoms with Gasteiger partial charge in [-0.3, -0.25) is 14.2 Å². The Hall–Kier alpha value is -1.89. The fourth-order valence-electron chi connectivity index (χ4n) is 2.35. The number of amides is 1. The first kappa shape index (κ1) is 19.4. The van der Waals surface area contributed by atoms with E-state index in [0.29, 0.717) is 41.1 Å². The molecule has 7 heteroatoms. The van der Waals surface area contributed by atoms with Crippen LogP contribution in [0.4, 0.5) is 0 Å². The van der Waals surface area contributed by atoms with E-state index >= 15 is 0 Å². The first-order chi connectivity index (χ1) is 11.9. The first-order valence-corrected chi connectivity index (χ1v) is 9.62. The number of nitrogens with zero attached hydrogens (tertiary/aromatic N) is 3. The van der Waals surface area contributed by atoms with Crippen molar-refractivity contribution in [3.63, 3.8) is 0 Å². The molecule has 2 aromatic rings. The van der Waals surface area contributed by atoms with Crippen molar-refractivity contribution in [1.29, 1.82) is 0 Å². The maximum absolute atomic E-state index is 12.7. The van der Waals surface area contributed by atoms with Crippen molar-refractivity contribution in [2.75, 3.05) is 12.3 Å². The van der Waals surface area contributed by atoms with Crippen LogP contribution in [0.1, 0.15) is 34.1 Å². The van der Waals surface area contributed by atoms with Crippen LogP contribution >= 0.6 is 11.8 Å². The molecule has 0 fully saturated rings. The summed E-state index contributed by atoms with van der Waals surface area (Å²) in [5, 5.41) is 3.96. The Morgan fingerprint density at radius 3 is 2.72 bits per heavy atom. The molecular formula is C18H26N4O2S. The number of fused-ring (bicyclic) bond motifs is 1. The predicted octanol–water partition coefficient (Wildman–Crippen LogP) is 2.70. The zero-order valence-corrected chi connectivity index (χ0v) is 16.1. The van der Waals surface area contributed by atoms with Gasteiger partial charge in [0.05, 0.1) is 11.1 Å². The third-order valence-corrected chi connectivity index (χ3v) is 4.60. The van der Waals surface area contributed by atoms with Gasteiger partial charge in [0.15, 0.2) is 10.8 Å². The molecule has 2 rings (SSSR count). The van der Waals surface area contributed by atoms with Crippen LogP contribution in [0.3, 0.4) is 0 Å². The molecule has 0 aliphatic heterocycles. The Bertz CT molecular complexity index is 786. The van der Waals surface area contributed by atoms with Crippen LogP contribution in [0, 0.1) is 11.8 Å². The van der Waals surface area contributed by atoms with Gasteiger partial charge in [-0.15, -0.1) is 0 Å². The quantitative estimate of drug-likeness (QED) is 0.577. The molecular weight excluding hydrogens is 336 g/mol. The molecule has 1 N–H and O–H groups in total. The summed E-state index contributed by atoms with van der Waals surface area (Å²) in [7, 11) is 0. The number of pyridine rings is 1. The fourth-order valence-corrected chi connectivity index (χ4v) is 3.18. The minimum absolute atomic E-state index is 0.0443. The van der Waals surface area contributed by atoms with Gasteiger partial charge in [-0.25, -0.2) is 9.97 Å². The second-order valence-corrected chi connectivity index (χ2v) is 7.84. The number of nitrogens with one attached hydrogen (secondary N) is 1. The smallest absolute Gasteiger partial charge is 0.263 e. The van der Waals surface area contributed by atoms with Crippen LogP contribution in [0.15, 0.2) is 28.3 Å². The lowest BCUT2D eigenvalue weighted by atomic mass is 10.1. The number of thioether (sulfide) groups is 1. The Morgan fingerprint density at radius 1 is 1.28 bits per heavy atom. The van der Waals surface area contributed by atoms with E-state index in [1.807, 2.05) is 13.8 Å². The summed E-state index contributed by atoms with van der Waals surface area (Å²) in [5.74, 6) is 1.04. The van der Waals surface area contributed by atoms with Crippen molar-refractivity contribution in [3.8, 4) is 0 Å². The molecule has 0 unspecified atom stereocenters. The number of carbonyl (C=O) groups excluding carboxylic acids is 1. The van der Waals surface area contributed by atoms with E-state index in [1.54, 1.807) is 22.9 Å². The minimum Gasteiger partial charge on any atom is -0.355 e. The van der Waals surface area contributed by atoms with E-state index in [1.165, 1.54) is 11.8 Å². The molecule has 0 aliphatic carbocycles. The van der Waals surface area contributed by atoms with Crippen molar-refractivity contribution in [2.45, 2.75) is 45.8 Å². The highest BCUT2D eigenvalue weighted by atomic mass is 32.2. The second-order valence-electron chi connectivity index (χ2n) is 6.90. The monoisotopic (exact) mass is 362 g/mol. The van der Waals surface area contributed by atoms with Crippen LogP contribution in [0.25, 0.3) is 11.0 Å². The van der Waals surface area contributed by atoms with Gasteiger partial charge in [0.1, 0.15) is 0 Å². The van der Waals surface area contributed by atoms with Gasteiger partial charge >= 0.3 is 0 Å². The van der Waals surface area contributed by atoms with E-state index in [2.05, 4.69) is 29.1 Å². The minimum atomic E-state index is -0.102. The third-order valence-electron chi connectivity index (χ3n) is 3.62. The summed E-state index contributed by atoms with van der Waals surface area (Å²) in [5.41, 5.74) is 0.324. The number of rotatable bonds is 8. The van der Waals surface area contributed by atoms with Gasteiger partial charge in [-0.1, -0.05) is 39.5 Å². The highest BCUT2D eigenvalue weighted by Gasteiger charge is 2.14. The molecule has 1 amide bonds. The second kappa shape index (κ2) is 8.99. The summed E-state index contributed by atoms with van der Waals surface area (Å²) >= 11 is 1.28. The molecule has 0 spiro atoms. The van der Waals surface area contributed by atoms with Gasteiger partial charge in [0.25, 0.3) is 5.56 Å². The lowest BCUT2D eigenvalue weighted by molar-refractivity contribution is -0.118. The van der Waals surface area contributed by atoms with Crippen molar-refractivity contribution in [3.05, 3.63) is 28.7 Å². The van der Waals surface area contributed by atoms with Gasteiger partial charge in [-0.2, -0.15) is 0 Å². The fraction of sp³-hybridized carbons (Fsp3) is 0.556. The van der Waals surface area contributed by atoms with Gasteiger partial charge in [-0.05, 0) is 30.4 Å². The summed E-state index contributed by atoms with van der Waals surface area (Å²) in [4.78, 5) is 33.4. The molecule has 0 atom stereocenters. The van der Waals surface area contributed by atoms with E-state index in [9.17, 15) is 9.59 Å². The average Bonchev–Trinajstić information content (AvgIpc) is 2.55. The summed E-state index contributed by atoms with van der Waals surface area (Å²) in [6.45, 7) is 9.57. The molecule has 136 valence electrons. The highest BCUT2D eigenvalue weighted by Crippen LogP contribution is 2.17. The Morgan fingerprint density at radius 2 is 2.04 bits per heavy atom. The lowest BCUT2D eigenvalue weighted by Gasteiger charge is -2.14. The number of carbonyl (C=O) groups is 1. The Kier molecular flexibility index (Phi) is 6.99. The normalized spacial score (nSPS) is 11.4. The maximum atomic E-state index is 12.7. The summed E-state index contributed by atoms with van der Waals surface area (Å²) < 4.78 is 1.65. The van der Waals surface area contributed by atoms with E-state index < -0.39 is 0 Å². The number of aromatic nitrogens is 3. The zero-order chi connectivity index (χ0) is 18.4. The number of hydrogen-bond donors (Lipinski definition) is 1. The Labute approximate surface area is 152 Å². The van der Waals surface area contributed by atoms with Crippen molar-refractivity contribution in [1.82, 2.24) is 19.9 Å². The van der Waals surface area contributed by atoms with Gasteiger partial charge in [0.2, 0.25) is 5.91 Å². The van der Waals surface area contributed by atoms with Crippen molar-refractivity contribution >= 4 is 28.7 Å². The van der Waals surface area contributed by atoms with Crippen LogP contribution in [0.2, 0.25) is 0 Å². The molecule has 2 aromatic heterocycles. The third kappa shape index (κ3) is 5.56. The lowest BCUT2D eigenvalue weighted by Crippen LogP contribution is -2.29. The molecule has 0 aromatic carbocycles. The SMILES string of the molecule is CC(C)CCNC(=O)CSc1nc2ncccc2c(=O)n1CC(C)C. The zero-order valence-electron chi connectivity index (χ0n) is 15.3. The Balaban J connectivity index is 2.18. The largest absolute Gasteiger partial charge is 0.355 e. The number of hydrogen-bond acceptors (Lipinski definition) is 5. The van der Waals surface area contributed by atoms with Crippen molar-refractivity contribution < 1.29 is 4.79 Å². The highest BCUT2D eigenvalue weighted by molar-refractivity contribution is 7.99. The van der Waals surface area contributed by atoms with Crippen LogP contribution in [-0.2, 0) is 11.3 Å². The summed E-state index contributed by atoms with van der Waals surface area (Å²) in [6, 6.07) is 3.47. The molecule has 0 saturated heterocycles. The van der Waals surface area contributed by atoms with Gasteiger partial charge < -0.3 is 5.32 Å². The predicted molar refractivity (Wildman–Crippen MR) is 102 cm³/mol. The van der Waals surface area contributed by atoms with Crippen LogP contribution in [0.5, 0.6) is 0 Å². The maximum Gasteiger partial charge on any atom is 0.263 e. The molecule has 0 saturated carbocycles. The standard InChI is InChI=1S/C18H26N4O2S/c1-12(2)7-9-19-15(23)11-25-18-21-16-14(6-5-8-20-16)17(24)22(18)10-13(3)4/h5-6,8,12-13H,7,9-11H2,1-4H3,(H,19,23). The topological polar surface area (TPSA) is 76.9 Å². The summed E-state index contributed by atoms with van der Waals surface area (Å²) in [6.07, 6.45) is 2.57. The van der Waals surface area contributed by atoms with E-state index in [0.717, 1.165) is 6.42 Å². The first-order valence-electron chi connectivity index (χ1n) is 8.63. The van der Waals surface area contributed by atoms with Crippen molar-refractivity contribution in [2.24, 2.45) is 11.8 Å². The molecule has 6 nitrogen and oxygen atoms in total. The molecule has 25 heavy (non-hydrogen) atoms. The van der Waals surface area contributed by atoms with Crippen LogP contribution < -0.4 is 10.9 Å². The molecule has 2 heterocycles. The average molecular weight is 362 g/mol. The van der Waals surface area contributed by atoms with Gasteiger partial charge in [0, 0.05) is 19.3 Å².